The molecular formula is C39H28N2. The molecule has 2 heterocycles. The number of fused-ring (bicyclic) bond motifs is 10. The van der Waals surface area contributed by atoms with Crippen molar-refractivity contribution in [3.63, 3.8) is 0 Å². The van der Waals surface area contributed by atoms with Crippen LogP contribution in [0.5, 0.6) is 0 Å². The summed E-state index contributed by atoms with van der Waals surface area (Å²) >= 11 is 0. The zero-order valence-electron chi connectivity index (χ0n) is 23.1. The van der Waals surface area contributed by atoms with E-state index in [2.05, 4.69) is 134 Å². The summed E-state index contributed by atoms with van der Waals surface area (Å²) in [7, 11) is 0. The fraction of sp³-hybridized carbons (Fsp3) is 0.0769. The highest BCUT2D eigenvalue weighted by molar-refractivity contribution is 6.06. The SMILES string of the molecule is CC1(C)c2ccccc2-c2ccccc2-c2c(-c3cnc4c(ccc5cccnc54)c3)cccc2-c2ccccc21. The molecule has 1 aliphatic carbocycles. The van der Waals surface area contributed by atoms with Crippen LogP contribution < -0.4 is 0 Å². The van der Waals surface area contributed by atoms with E-state index in [1.807, 2.05) is 18.5 Å². The van der Waals surface area contributed by atoms with Gasteiger partial charge in [-0.15, -0.1) is 0 Å². The van der Waals surface area contributed by atoms with Gasteiger partial charge in [-0.3, -0.25) is 9.97 Å². The van der Waals surface area contributed by atoms with Crippen molar-refractivity contribution in [1.29, 1.82) is 0 Å². The molecule has 0 amide bonds. The molecule has 194 valence electrons. The Morgan fingerprint density at radius 2 is 1.05 bits per heavy atom. The second kappa shape index (κ2) is 8.97. The van der Waals surface area contributed by atoms with Crippen molar-refractivity contribution in [2.24, 2.45) is 0 Å². The first kappa shape index (κ1) is 23.8. The van der Waals surface area contributed by atoms with Crippen molar-refractivity contribution in [3.05, 3.63) is 145 Å². The molecule has 0 radical (unpaired) electrons. The molecule has 0 N–H and O–H groups in total. The number of benzene rings is 5. The van der Waals surface area contributed by atoms with Gasteiger partial charge in [0.05, 0.1) is 11.0 Å². The average Bonchev–Trinajstić information content (AvgIpc) is 3.06. The Kier molecular flexibility index (Phi) is 5.20. The molecular weight excluding hydrogens is 496 g/mol. The lowest BCUT2D eigenvalue weighted by Crippen LogP contribution is -2.20. The smallest absolute Gasteiger partial charge is 0.0964 e. The summed E-state index contributed by atoms with van der Waals surface area (Å²) in [6, 6.07) is 44.1. The summed E-state index contributed by atoms with van der Waals surface area (Å²) in [5.41, 5.74) is 14.1. The minimum Gasteiger partial charge on any atom is -0.254 e. The zero-order valence-corrected chi connectivity index (χ0v) is 23.1. The first-order valence-corrected chi connectivity index (χ1v) is 14.2. The molecule has 0 aliphatic heterocycles. The van der Waals surface area contributed by atoms with Crippen molar-refractivity contribution in [2.45, 2.75) is 19.3 Å². The number of nitrogens with zero attached hydrogens (tertiary/aromatic N) is 2. The Balaban J connectivity index is 1.49. The summed E-state index contributed by atoms with van der Waals surface area (Å²) in [6.45, 7) is 4.71. The van der Waals surface area contributed by atoms with Crippen LogP contribution in [-0.4, -0.2) is 9.97 Å². The number of aromatic nitrogens is 2. The van der Waals surface area contributed by atoms with Gasteiger partial charge in [0.15, 0.2) is 0 Å². The molecule has 41 heavy (non-hydrogen) atoms. The quantitative estimate of drug-likeness (QED) is 0.200. The maximum Gasteiger partial charge on any atom is 0.0964 e. The summed E-state index contributed by atoms with van der Waals surface area (Å²) in [6.07, 6.45) is 3.86. The van der Waals surface area contributed by atoms with E-state index >= 15 is 0 Å². The molecule has 0 fully saturated rings. The van der Waals surface area contributed by atoms with Gasteiger partial charge < -0.3 is 0 Å². The fourth-order valence-corrected chi connectivity index (χ4v) is 6.80. The van der Waals surface area contributed by atoms with E-state index in [1.165, 1.54) is 50.1 Å². The molecule has 7 aromatic rings. The predicted octanol–water partition coefficient (Wildman–Crippen LogP) is 10.1. The molecule has 8 rings (SSSR count). The molecule has 2 aromatic heterocycles. The van der Waals surface area contributed by atoms with Gasteiger partial charge in [-0.2, -0.15) is 0 Å². The third kappa shape index (κ3) is 3.57. The van der Waals surface area contributed by atoms with Crippen molar-refractivity contribution >= 4 is 21.8 Å². The van der Waals surface area contributed by atoms with Gasteiger partial charge in [0.1, 0.15) is 0 Å². The van der Waals surface area contributed by atoms with Crippen molar-refractivity contribution in [2.75, 3.05) is 0 Å². The Labute approximate surface area is 240 Å². The van der Waals surface area contributed by atoms with Crippen LogP contribution in [0.25, 0.3) is 66.3 Å². The summed E-state index contributed by atoms with van der Waals surface area (Å²) in [5.74, 6) is 0. The highest BCUT2D eigenvalue weighted by atomic mass is 14.7. The molecule has 0 atom stereocenters. The molecule has 0 saturated heterocycles. The molecule has 0 unspecified atom stereocenters. The molecule has 5 aromatic carbocycles. The number of rotatable bonds is 1. The van der Waals surface area contributed by atoms with Crippen LogP contribution in [0.1, 0.15) is 25.0 Å². The third-order valence-corrected chi connectivity index (χ3v) is 8.78. The normalized spacial score (nSPS) is 13.3. The zero-order chi connectivity index (χ0) is 27.6. The highest BCUT2D eigenvalue weighted by Gasteiger charge is 2.32. The Morgan fingerprint density at radius 3 is 1.83 bits per heavy atom. The van der Waals surface area contributed by atoms with Crippen LogP contribution >= 0.6 is 0 Å². The van der Waals surface area contributed by atoms with Crippen LogP contribution in [0.2, 0.25) is 0 Å². The Bertz CT molecular complexity index is 2140. The topological polar surface area (TPSA) is 25.8 Å². The van der Waals surface area contributed by atoms with E-state index in [4.69, 9.17) is 4.98 Å². The average molecular weight is 525 g/mol. The van der Waals surface area contributed by atoms with Crippen molar-refractivity contribution in [1.82, 2.24) is 9.97 Å². The van der Waals surface area contributed by atoms with Gasteiger partial charge in [0.25, 0.3) is 0 Å². The van der Waals surface area contributed by atoms with E-state index in [0.717, 1.165) is 27.4 Å². The van der Waals surface area contributed by atoms with Gasteiger partial charge >= 0.3 is 0 Å². The number of hydrogen-bond acceptors (Lipinski definition) is 2. The predicted molar refractivity (Wildman–Crippen MR) is 171 cm³/mol. The standard InChI is InChI=1S/C39H28N2/c1-39(2)34-18-7-5-13-30(34)29-12-3-4-15-32(29)36-28(16-9-17-33(36)31-14-6-8-19-35(31)39)27-23-26-21-20-25-11-10-22-40-37(25)38(26)41-24-27/h3-24H,1-2H3. The van der Waals surface area contributed by atoms with Gasteiger partial charge in [0, 0.05) is 34.1 Å². The molecule has 0 spiro atoms. The van der Waals surface area contributed by atoms with Crippen LogP contribution in [0.3, 0.4) is 0 Å². The van der Waals surface area contributed by atoms with E-state index in [1.54, 1.807) is 0 Å². The third-order valence-electron chi connectivity index (χ3n) is 8.78. The monoisotopic (exact) mass is 524 g/mol. The van der Waals surface area contributed by atoms with Crippen LogP contribution in [-0.2, 0) is 5.41 Å². The van der Waals surface area contributed by atoms with Crippen molar-refractivity contribution < 1.29 is 0 Å². The minimum atomic E-state index is -0.198. The lowest BCUT2D eigenvalue weighted by molar-refractivity contribution is 0.645. The van der Waals surface area contributed by atoms with Crippen LogP contribution in [0, 0.1) is 0 Å². The molecule has 2 heteroatoms. The van der Waals surface area contributed by atoms with Crippen molar-refractivity contribution in [3.8, 4) is 44.5 Å². The maximum atomic E-state index is 4.99. The first-order chi connectivity index (χ1) is 20.1. The van der Waals surface area contributed by atoms with E-state index in [9.17, 15) is 0 Å². The molecule has 1 aliphatic rings. The Morgan fingerprint density at radius 1 is 0.463 bits per heavy atom. The van der Waals surface area contributed by atoms with Gasteiger partial charge in [-0.1, -0.05) is 123 Å². The molecule has 2 nitrogen and oxygen atoms in total. The van der Waals surface area contributed by atoms with Gasteiger partial charge in [-0.05, 0) is 62.2 Å². The number of hydrogen-bond donors (Lipinski definition) is 0. The second-order valence-corrected chi connectivity index (χ2v) is 11.4. The van der Waals surface area contributed by atoms with Crippen LogP contribution in [0.15, 0.2) is 134 Å². The van der Waals surface area contributed by atoms with E-state index in [-0.39, 0.29) is 5.41 Å². The lowest BCUT2D eigenvalue weighted by atomic mass is 9.73. The van der Waals surface area contributed by atoms with Gasteiger partial charge in [-0.25, -0.2) is 0 Å². The summed E-state index contributed by atoms with van der Waals surface area (Å²) in [4.78, 5) is 9.63. The Hall–Kier alpha value is -5.08. The van der Waals surface area contributed by atoms with E-state index in [0.29, 0.717) is 0 Å². The minimum absolute atomic E-state index is 0.198. The molecule has 0 bridgehead atoms. The largest absolute Gasteiger partial charge is 0.254 e. The van der Waals surface area contributed by atoms with E-state index < -0.39 is 0 Å². The fourth-order valence-electron chi connectivity index (χ4n) is 6.80. The molecule has 0 saturated carbocycles. The first-order valence-electron chi connectivity index (χ1n) is 14.2. The van der Waals surface area contributed by atoms with Gasteiger partial charge in [0.2, 0.25) is 0 Å². The second-order valence-electron chi connectivity index (χ2n) is 11.4. The maximum absolute atomic E-state index is 4.99. The number of pyridine rings is 2. The lowest BCUT2D eigenvalue weighted by Gasteiger charge is -2.30. The summed E-state index contributed by atoms with van der Waals surface area (Å²) < 4.78 is 0. The van der Waals surface area contributed by atoms with Crippen LogP contribution in [0.4, 0.5) is 0 Å². The highest BCUT2D eigenvalue weighted by Crippen LogP contribution is 2.50. The summed E-state index contributed by atoms with van der Waals surface area (Å²) in [5, 5.41) is 2.20.